The number of carboxylic acid groups (broad SMARTS) is 1. The minimum absolute atomic E-state index is 0. The Morgan fingerprint density at radius 1 is 0.389 bits per heavy atom. The number of phenolic OH excluding ortho intramolecular Hbond substituents is 3. The molecule has 0 aliphatic heterocycles. The maximum Gasteiger partial charge on any atom is 0.354 e. The van der Waals surface area contributed by atoms with E-state index >= 15 is 0 Å². The molecule has 17 rings (SSSR count). The van der Waals surface area contributed by atoms with Crippen molar-refractivity contribution in [2.45, 2.75) is 205 Å². The number of carboxylic acids is 1. The van der Waals surface area contributed by atoms with Gasteiger partial charge in [-0.25, -0.2) is 9.78 Å². The average molecular weight is 2790 g/mol. The summed E-state index contributed by atoms with van der Waals surface area (Å²) in [5.41, 5.74) is 22.2. The molecule has 0 bridgehead atoms. The molecule has 0 aliphatic rings. The van der Waals surface area contributed by atoms with Gasteiger partial charge in [-0.15, -0.1) is 114 Å². The van der Waals surface area contributed by atoms with Crippen LogP contribution in [-0.4, -0.2) is 76.0 Å². The van der Waals surface area contributed by atoms with Crippen LogP contribution in [0.2, 0.25) is 0 Å². The van der Waals surface area contributed by atoms with Crippen molar-refractivity contribution in [3.05, 3.63) is 445 Å². The smallest absolute Gasteiger partial charge is 0.354 e. The van der Waals surface area contributed by atoms with Crippen molar-refractivity contribution in [3.8, 4) is 102 Å². The molecule has 0 saturated carbocycles. The van der Waals surface area contributed by atoms with Gasteiger partial charge in [-0.1, -0.05) is 225 Å². The normalized spacial score (nSPS) is 11.4. The van der Waals surface area contributed by atoms with Gasteiger partial charge in [0, 0.05) is 184 Å². The van der Waals surface area contributed by atoms with Crippen LogP contribution in [0.3, 0.4) is 0 Å². The summed E-state index contributed by atoms with van der Waals surface area (Å²) in [5.74, 6) is 1.87. The van der Waals surface area contributed by atoms with Crippen molar-refractivity contribution in [3.63, 3.8) is 0 Å². The second-order valence-electron chi connectivity index (χ2n) is 36.8. The van der Waals surface area contributed by atoms with Gasteiger partial charge in [0.15, 0.2) is 0 Å². The van der Waals surface area contributed by atoms with E-state index in [1.165, 1.54) is 57.3 Å². The Bertz CT molecular complexity index is 6510. The van der Waals surface area contributed by atoms with E-state index in [1.807, 2.05) is 219 Å². The quantitative estimate of drug-likeness (QED) is 0.0326. The molecule has 0 saturated heterocycles. The average Bonchev–Trinajstić information content (AvgIpc) is 1.14. The monoisotopic (exact) mass is 2790 g/mol. The standard InChI is InChI=1S/C16H15N2.C16H18N.C15H14F2N.3C15H17NO.C15H16N.C13H15N2.C6H5NO2.4Ir.Rh/c1-12(2)9-13-7-8-18-16(10-13)14-5-4-6-15(11-14)17-3;1-16(2,3)12-13-9-10-17-15(11-13)14-7-5-4-6-8-14;1-3-10(2)14-12(16)8-7-11(15(14)17)13-6-4-5-9-18-13;3*1-3-11(2)12-7-8-13(15(17)10-12)14-6-4-5-9-16-14;1-3-12(2)14-9-10-15(16-11-14)13-7-5-4-6-8-13;1-3-11(2)12-9-14-15(10-12)13-7-5-4-6-8-13;8-6(9)5-3-1-2-4-7-5;;;;;/h4,6-8,10-12H,9H2,1-2H3;4-7,9-11H,12H2,1-3H3;4-6,8-10H,3H2,1-2H3;3*4-11,17H,3H2,1-2H3;4-7,9-12H,3H2,1-2H3;4-7,9-11H,3H2,1-2H3;1-4H,(H,8,9);;;;;/q3*-1;;;;2*-1;;;;;;. The number of para-hydroxylation sites is 1. The van der Waals surface area contributed by atoms with E-state index in [-0.39, 0.29) is 123 Å². The zero-order chi connectivity index (χ0) is 104. The Morgan fingerprint density at radius 3 is 1.18 bits per heavy atom. The van der Waals surface area contributed by atoms with E-state index in [1.54, 1.807) is 67.3 Å². The first-order chi connectivity index (χ1) is 69.5. The summed E-state index contributed by atoms with van der Waals surface area (Å²) in [6.07, 6.45) is 26.2. The van der Waals surface area contributed by atoms with Crippen LogP contribution < -0.4 is 0 Å². The Morgan fingerprint density at radius 2 is 0.792 bits per heavy atom. The summed E-state index contributed by atoms with van der Waals surface area (Å²) in [7, 11) is 0. The number of pyridine rings is 8. The van der Waals surface area contributed by atoms with Crippen LogP contribution in [0.15, 0.2) is 341 Å². The molecule has 9 heterocycles. The van der Waals surface area contributed by atoms with Crippen LogP contribution in [0.4, 0.5) is 14.5 Å². The second-order valence-corrected chi connectivity index (χ2v) is 36.8. The Balaban J connectivity index is 0.000000349. The van der Waals surface area contributed by atoms with Gasteiger partial charge in [0.2, 0.25) is 0 Å². The summed E-state index contributed by atoms with van der Waals surface area (Å²) in [6, 6.07) is 103. The van der Waals surface area contributed by atoms with Crippen molar-refractivity contribution >= 4 is 11.7 Å². The molecule has 0 spiro atoms. The van der Waals surface area contributed by atoms with Crippen molar-refractivity contribution in [2.24, 2.45) is 11.3 Å². The molecule has 17 aromatic rings. The summed E-state index contributed by atoms with van der Waals surface area (Å²) in [5, 5.41) is 42.8. The van der Waals surface area contributed by atoms with Gasteiger partial charge in [0.25, 0.3) is 0 Å². The fourth-order valence-electron chi connectivity index (χ4n) is 14.8. The van der Waals surface area contributed by atoms with Crippen molar-refractivity contribution in [1.82, 2.24) is 49.7 Å². The Kier molecular flexibility index (Phi) is 59.1. The number of aromatic hydroxyl groups is 3. The summed E-state index contributed by atoms with van der Waals surface area (Å²) in [6.45, 7) is 43.7. The van der Waals surface area contributed by atoms with E-state index in [9.17, 15) is 28.9 Å². The molecular weight excluding hydrogens is 2660 g/mol. The van der Waals surface area contributed by atoms with Gasteiger partial charge in [-0.05, 0) is 251 Å². The first-order valence-corrected chi connectivity index (χ1v) is 49.4. The number of halogens is 2. The van der Waals surface area contributed by atoms with Crippen LogP contribution in [0.25, 0.3) is 89.3 Å². The first kappa shape index (κ1) is 129. The Hall–Kier alpha value is -12.4. The molecule has 0 fully saturated rings. The minimum Gasteiger partial charge on any atom is -0.507 e. The van der Waals surface area contributed by atoms with Gasteiger partial charge in [-0.3, -0.25) is 33.3 Å². The van der Waals surface area contributed by atoms with Crippen molar-refractivity contribution < 1.29 is 134 Å². The van der Waals surface area contributed by atoms with Gasteiger partial charge in [-0.2, -0.15) is 35.4 Å². The molecule has 4 N–H and O–H groups in total. The third kappa shape index (κ3) is 42.2. The Labute approximate surface area is 949 Å². The van der Waals surface area contributed by atoms with Crippen molar-refractivity contribution in [2.75, 3.05) is 0 Å². The minimum atomic E-state index is -0.990. The van der Waals surface area contributed by atoms with Gasteiger partial charge in [0.1, 0.15) is 28.6 Å². The predicted molar refractivity (Wildman–Crippen MR) is 582 cm³/mol. The summed E-state index contributed by atoms with van der Waals surface area (Å²) < 4.78 is 29.9. The van der Waals surface area contributed by atoms with E-state index in [4.69, 9.17) is 11.7 Å². The molecular formula is C126H134F2Ir4N11O5Rh-5. The predicted octanol–water partition coefficient (Wildman–Crippen LogP) is 32.7. The van der Waals surface area contributed by atoms with E-state index in [0.717, 1.165) is 118 Å². The number of rotatable bonds is 24. The molecule has 0 amide bonds. The molecule has 8 aromatic carbocycles. The number of nitrogens with zero attached hydrogens (tertiary/aromatic N) is 11. The number of phenols is 3. The number of carbonyl (C=O) groups is 1. The fraction of sp³-hybridized carbons (Fsp3) is 0.262. The van der Waals surface area contributed by atoms with E-state index in [2.05, 4.69) is 239 Å². The molecule has 9 aromatic heterocycles. The number of aromatic carboxylic acids is 1. The maximum atomic E-state index is 14.3. The second kappa shape index (κ2) is 68.3. The number of hydrogen-bond acceptors (Lipinski definition) is 13. The zero-order valence-electron chi connectivity index (χ0n) is 87.6. The topological polar surface area (TPSA) is 223 Å². The third-order valence-corrected chi connectivity index (χ3v) is 24.3. The number of benzene rings is 8. The SMILES string of the molecule is CC(C)(C)Cc1ccnc(-c2[c-]cccc2)c1.CCC(C)c1c(F)c[c-]c(-c2ccccn2)c1F.CCC(C)c1ccc(-c2[c-]cccc2)nc1.CCC(C)c1ccc(-c2ccccn2)c(O)c1.CCC(C)c1ccc(-c2ccccn2)c(O)c1.CCC(C)c1ccc(-c2ccccn2)c(O)c1.CCC(C)c1cnn(-c2[c-]cccc2)c1.O=C(O)c1ccccn1.[C-]#[N+]c1cc[c-]c(-c2cc(CC(C)C)ccn2)c1.[Ir].[Ir].[Ir].[Ir].[Rh]. The molecule has 6 unspecified atom stereocenters. The summed E-state index contributed by atoms with van der Waals surface area (Å²) in [4.78, 5) is 47.2. The van der Waals surface area contributed by atoms with Crippen molar-refractivity contribution in [1.29, 1.82) is 0 Å². The molecule has 149 heavy (non-hydrogen) atoms. The van der Waals surface area contributed by atoms with Crippen LogP contribution in [-0.2, 0) is 113 Å². The van der Waals surface area contributed by atoms with Crippen LogP contribution in [0, 0.1) is 59.9 Å². The third-order valence-electron chi connectivity index (χ3n) is 24.3. The first-order valence-electron chi connectivity index (χ1n) is 49.4. The fourth-order valence-corrected chi connectivity index (χ4v) is 14.8. The van der Waals surface area contributed by atoms with E-state index < -0.39 is 17.6 Å². The molecule has 0 aliphatic carbocycles. The molecule has 787 valence electrons. The molecule has 23 heteroatoms. The largest absolute Gasteiger partial charge is 0.507 e. The van der Waals surface area contributed by atoms with Gasteiger partial charge >= 0.3 is 5.97 Å². The van der Waals surface area contributed by atoms with Gasteiger partial charge in [0.05, 0.1) is 29.9 Å². The van der Waals surface area contributed by atoms with E-state index in [0.29, 0.717) is 76.0 Å². The maximum absolute atomic E-state index is 14.3. The van der Waals surface area contributed by atoms with Crippen LogP contribution in [0.1, 0.15) is 247 Å². The number of hydrogen-bond donors (Lipinski definition) is 4. The molecule has 5 radical (unpaired) electrons. The number of aromatic nitrogens is 10. The molecule has 6 atom stereocenters. The molecule has 16 nitrogen and oxygen atoms in total. The zero-order valence-corrected chi connectivity index (χ0v) is 98.8. The van der Waals surface area contributed by atoms with Crippen LogP contribution >= 0.6 is 0 Å². The van der Waals surface area contributed by atoms with Crippen LogP contribution in [0.5, 0.6) is 17.2 Å². The summed E-state index contributed by atoms with van der Waals surface area (Å²) >= 11 is 0. The van der Waals surface area contributed by atoms with Gasteiger partial charge < -0.3 is 40.4 Å².